The Morgan fingerprint density at radius 1 is 1.47 bits per heavy atom. The smallest absolute Gasteiger partial charge is 0.335 e. The first-order chi connectivity index (χ1) is 9.20. The van der Waals surface area contributed by atoms with Gasteiger partial charge >= 0.3 is 5.97 Å². The second-order valence-corrected chi connectivity index (χ2v) is 5.08. The molecule has 1 N–H and O–H groups in total. The zero-order chi connectivity index (χ0) is 13.7. The molecule has 1 atom stereocenters. The van der Waals surface area contributed by atoms with E-state index in [0.717, 1.165) is 31.7 Å². The van der Waals surface area contributed by atoms with Crippen molar-refractivity contribution < 1.29 is 14.6 Å². The molecule has 1 aromatic rings. The van der Waals surface area contributed by atoms with Gasteiger partial charge in [0.05, 0.1) is 12.2 Å². The molecule has 2 rings (SSSR count). The van der Waals surface area contributed by atoms with Gasteiger partial charge in [-0.05, 0) is 37.1 Å². The Bertz CT molecular complexity index is 431. The summed E-state index contributed by atoms with van der Waals surface area (Å²) < 4.78 is 5.28. The monoisotopic (exact) mass is 263 g/mol. The highest BCUT2D eigenvalue weighted by Crippen LogP contribution is 2.20. The molecule has 104 valence electrons. The molecule has 1 saturated heterocycles. The second-order valence-electron chi connectivity index (χ2n) is 5.08. The number of rotatable bonds is 5. The van der Waals surface area contributed by atoms with Crippen molar-refractivity contribution in [3.8, 4) is 0 Å². The highest BCUT2D eigenvalue weighted by Gasteiger charge is 2.22. The lowest BCUT2D eigenvalue weighted by atomic mass is 10.0. The molecule has 1 aliphatic rings. The van der Waals surface area contributed by atoms with Gasteiger partial charge in [-0.25, -0.2) is 4.79 Å². The number of carboxylic acids is 1. The van der Waals surface area contributed by atoms with E-state index in [1.807, 2.05) is 12.1 Å². The first kappa shape index (κ1) is 14.0. The molecule has 0 radical (unpaired) electrons. The van der Waals surface area contributed by atoms with Gasteiger partial charge in [-0.1, -0.05) is 18.6 Å². The van der Waals surface area contributed by atoms with E-state index >= 15 is 0 Å². The summed E-state index contributed by atoms with van der Waals surface area (Å²) in [6.45, 7) is 2.61. The fraction of sp³-hybridized carbons (Fsp3) is 0.533. The first-order valence-corrected chi connectivity index (χ1v) is 6.76. The molecule has 0 saturated carbocycles. The zero-order valence-corrected chi connectivity index (χ0v) is 11.3. The predicted molar refractivity (Wildman–Crippen MR) is 73.3 cm³/mol. The molecule has 0 aromatic heterocycles. The third-order valence-electron chi connectivity index (χ3n) is 3.67. The van der Waals surface area contributed by atoms with Crippen LogP contribution in [-0.2, 0) is 11.3 Å². The number of benzene rings is 1. The van der Waals surface area contributed by atoms with Gasteiger partial charge in [-0.3, -0.25) is 4.90 Å². The average molecular weight is 263 g/mol. The Morgan fingerprint density at radius 2 is 2.32 bits per heavy atom. The fourth-order valence-corrected chi connectivity index (χ4v) is 2.69. The summed E-state index contributed by atoms with van der Waals surface area (Å²) in [7, 11) is 1.73. The van der Waals surface area contributed by atoms with Crippen LogP contribution in [0.4, 0.5) is 0 Å². The number of hydrogen-bond donors (Lipinski definition) is 1. The minimum atomic E-state index is -0.867. The van der Waals surface area contributed by atoms with E-state index in [4.69, 9.17) is 9.84 Å². The van der Waals surface area contributed by atoms with Crippen molar-refractivity contribution in [3.63, 3.8) is 0 Å². The number of carboxylic acid groups (broad SMARTS) is 1. The number of carbonyl (C=O) groups is 1. The molecule has 0 aliphatic carbocycles. The van der Waals surface area contributed by atoms with Gasteiger partial charge < -0.3 is 9.84 Å². The average Bonchev–Trinajstić information content (AvgIpc) is 2.41. The van der Waals surface area contributed by atoms with Crippen molar-refractivity contribution in [3.05, 3.63) is 35.4 Å². The number of likely N-dealkylation sites (tertiary alicyclic amines) is 1. The molecule has 1 aliphatic heterocycles. The predicted octanol–water partition coefficient (Wildman–Crippen LogP) is 2.39. The molecule has 19 heavy (non-hydrogen) atoms. The fourth-order valence-electron chi connectivity index (χ4n) is 2.69. The number of hydrogen-bond acceptors (Lipinski definition) is 3. The number of aromatic carboxylic acids is 1. The van der Waals surface area contributed by atoms with Crippen LogP contribution in [0.1, 0.15) is 35.2 Å². The summed E-state index contributed by atoms with van der Waals surface area (Å²) in [5.74, 6) is -0.867. The van der Waals surface area contributed by atoms with Gasteiger partial charge in [-0.15, -0.1) is 0 Å². The van der Waals surface area contributed by atoms with Crippen LogP contribution >= 0.6 is 0 Å². The number of piperidine rings is 1. The van der Waals surface area contributed by atoms with Crippen LogP contribution in [0.25, 0.3) is 0 Å². The maximum Gasteiger partial charge on any atom is 0.335 e. The molecular weight excluding hydrogens is 242 g/mol. The molecular formula is C15H21NO3. The van der Waals surface area contributed by atoms with Crippen LogP contribution in [0.2, 0.25) is 0 Å². The highest BCUT2D eigenvalue weighted by molar-refractivity contribution is 5.87. The quantitative estimate of drug-likeness (QED) is 0.886. The van der Waals surface area contributed by atoms with E-state index in [9.17, 15) is 4.79 Å². The van der Waals surface area contributed by atoms with Gasteiger partial charge in [0, 0.05) is 19.7 Å². The van der Waals surface area contributed by atoms with E-state index in [-0.39, 0.29) is 0 Å². The van der Waals surface area contributed by atoms with Gasteiger partial charge in [-0.2, -0.15) is 0 Å². The summed E-state index contributed by atoms with van der Waals surface area (Å²) in [5.41, 5.74) is 1.42. The topological polar surface area (TPSA) is 49.8 Å². The Morgan fingerprint density at radius 3 is 3.05 bits per heavy atom. The van der Waals surface area contributed by atoms with Gasteiger partial charge in [0.15, 0.2) is 0 Å². The van der Waals surface area contributed by atoms with Crippen molar-refractivity contribution in [2.24, 2.45) is 0 Å². The molecule has 4 heteroatoms. The van der Waals surface area contributed by atoms with Crippen LogP contribution < -0.4 is 0 Å². The first-order valence-electron chi connectivity index (χ1n) is 6.76. The van der Waals surface area contributed by atoms with Crippen molar-refractivity contribution in [2.45, 2.75) is 31.8 Å². The van der Waals surface area contributed by atoms with Crippen molar-refractivity contribution in [1.82, 2.24) is 4.90 Å². The van der Waals surface area contributed by atoms with Gasteiger partial charge in [0.1, 0.15) is 0 Å². The molecule has 1 heterocycles. The molecule has 0 amide bonds. The van der Waals surface area contributed by atoms with Crippen LogP contribution in [-0.4, -0.2) is 42.3 Å². The van der Waals surface area contributed by atoms with Crippen molar-refractivity contribution in [1.29, 1.82) is 0 Å². The summed E-state index contributed by atoms with van der Waals surface area (Å²) in [6, 6.07) is 7.65. The summed E-state index contributed by atoms with van der Waals surface area (Å²) >= 11 is 0. The molecule has 0 unspecified atom stereocenters. The molecule has 1 aromatic carbocycles. The van der Waals surface area contributed by atoms with Crippen molar-refractivity contribution in [2.75, 3.05) is 20.3 Å². The normalized spacial score (nSPS) is 20.4. The highest BCUT2D eigenvalue weighted by atomic mass is 16.5. The van der Waals surface area contributed by atoms with Crippen LogP contribution in [0.15, 0.2) is 24.3 Å². The molecule has 4 nitrogen and oxygen atoms in total. The minimum Gasteiger partial charge on any atom is -0.478 e. The standard InChI is InChI=1S/C15H21NO3/c1-19-11-14-7-2-3-8-16(14)10-12-5-4-6-13(9-12)15(17)18/h4-6,9,14H,2-3,7-8,10-11H2,1H3,(H,17,18)/t14-/m0/s1. The second kappa shape index (κ2) is 6.68. The summed E-state index contributed by atoms with van der Waals surface area (Å²) in [6.07, 6.45) is 3.62. The maximum atomic E-state index is 11.0. The molecule has 0 spiro atoms. The van der Waals surface area contributed by atoms with Gasteiger partial charge in [0.25, 0.3) is 0 Å². The summed E-state index contributed by atoms with van der Waals surface area (Å²) in [5, 5.41) is 9.02. The van der Waals surface area contributed by atoms with Crippen LogP contribution in [0.5, 0.6) is 0 Å². The third kappa shape index (κ3) is 3.78. The number of methoxy groups -OCH3 is 1. The largest absolute Gasteiger partial charge is 0.478 e. The minimum absolute atomic E-state index is 0.359. The lowest BCUT2D eigenvalue weighted by Crippen LogP contribution is -2.41. The molecule has 0 bridgehead atoms. The zero-order valence-electron chi connectivity index (χ0n) is 11.3. The Hall–Kier alpha value is -1.39. The Labute approximate surface area is 114 Å². The lowest BCUT2D eigenvalue weighted by molar-refractivity contribution is 0.0599. The molecule has 1 fully saturated rings. The van der Waals surface area contributed by atoms with Gasteiger partial charge in [0.2, 0.25) is 0 Å². The van der Waals surface area contributed by atoms with E-state index < -0.39 is 5.97 Å². The van der Waals surface area contributed by atoms with E-state index in [1.54, 1.807) is 19.2 Å². The van der Waals surface area contributed by atoms with Crippen LogP contribution in [0.3, 0.4) is 0 Å². The van der Waals surface area contributed by atoms with E-state index in [2.05, 4.69) is 4.90 Å². The Balaban J connectivity index is 2.06. The Kier molecular flexibility index (Phi) is 4.93. The van der Waals surface area contributed by atoms with E-state index in [0.29, 0.717) is 11.6 Å². The number of ether oxygens (including phenoxy) is 1. The lowest BCUT2D eigenvalue weighted by Gasteiger charge is -2.35. The summed E-state index contributed by atoms with van der Waals surface area (Å²) in [4.78, 5) is 13.4. The third-order valence-corrected chi connectivity index (χ3v) is 3.67. The van der Waals surface area contributed by atoms with Crippen LogP contribution in [0, 0.1) is 0 Å². The van der Waals surface area contributed by atoms with Crippen molar-refractivity contribution >= 4 is 5.97 Å². The number of nitrogens with zero attached hydrogens (tertiary/aromatic N) is 1. The maximum absolute atomic E-state index is 11.0. The van der Waals surface area contributed by atoms with E-state index in [1.165, 1.54) is 12.8 Å². The SMILES string of the molecule is COC[C@@H]1CCCCN1Cc1cccc(C(=O)O)c1.